The molecule has 6 heteroatoms. The van der Waals surface area contributed by atoms with Gasteiger partial charge in [0.15, 0.2) is 5.65 Å². The number of likely N-dealkylation sites (tertiary alicyclic amines) is 1. The Hall–Kier alpha value is -2.99. The van der Waals surface area contributed by atoms with Crippen molar-refractivity contribution in [2.45, 2.75) is 39.5 Å². The molecule has 4 heterocycles. The van der Waals surface area contributed by atoms with Crippen LogP contribution >= 0.6 is 0 Å². The second kappa shape index (κ2) is 7.36. The number of hydrogen-bond donors (Lipinski definition) is 0. The number of hydrogen-bond acceptors (Lipinski definition) is 5. The Morgan fingerprint density at radius 2 is 1.90 bits per heavy atom. The van der Waals surface area contributed by atoms with Gasteiger partial charge in [0.25, 0.3) is 0 Å². The van der Waals surface area contributed by atoms with E-state index in [0.717, 1.165) is 54.9 Å². The van der Waals surface area contributed by atoms with Crippen molar-refractivity contribution in [2.75, 3.05) is 19.6 Å². The van der Waals surface area contributed by atoms with Crippen LogP contribution in [0.25, 0.3) is 27.9 Å². The Bertz CT molecular complexity index is 1300. The van der Waals surface area contributed by atoms with Crippen LogP contribution in [0.3, 0.4) is 0 Å². The van der Waals surface area contributed by atoms with E-state index in [0.29, 0.717) is 22.8 Å². The van der Waals surface area contributed by atoms with Crippen LogP contribution in [0.4, 0.5) is 0 Å². The first-order valence-corrected chi connectivity index (χ1v) is 10.7. The fourth-order valence-corrected chi connectivity index (χ4v) is 4.58. The quantitative estimate of drug-likeness (QED) is 0.478. The standard InChI is InChI=1S/C24H26N4O2/c1-4-27-9-7-17(8-10-27)18-5-6-19-11-20(24(29)30-22(19)12-18)21-14-28-13-15(2)25-16(3)23(28)26-21/h5-6,11-14,17H,4,7-10H2,1-3H3. The maximum Gasteiger partial charge on any atom is 0.345 e. The van der Waals surface area contributed by atoms with Gasteiger partial charge in [-0.15, -0.1) is 0 Å². The zero-order chi connectivity index (χ0) is 20.8. The molecule has 30 heavy (non-hydrogen) atoms. The van der Waals surface area contributed by atoms with Crippen molar-refractivity contribution in [2.24, 2.45) is 0 Å². The van der Waals surface area contributed by atoms with Gasteiger partial charge in [-0.05, 0) is 69.9 Å². The molecule has 0 amide bonds. The molecule has 0 aliphatic carbocycles. The lowest BCUT2D eigenvalue weighted by atomic mass is 9.89. The minimum Gasteiger partial charge on any atom is -0.422 e. The fourth-order valence-electron chi connectivity index (χ4n) is 4.58. The molecule has 4 aromatic rings. The molecule has 5 rings (SSSR count). The van der Waals surface area contributed by atoms with E-state index in [1.54, 1.807) is 0 Å². The van der Waals surface area contributed by atoms with Crippen LogP contribution in [-0.2, 0) is 0 Å². The average molecular weight is 402 g/mol. The number of imidazole rings is 1. The number of piperidine rings is 1. The molecular formula is C24H26N4O2. The Labute approximate surface area is 175 Å². The lowest BCUT2D eigenvalue weighted by molar-refractivity contribution is 0.222. The third-order valence-corrected chi connectivity index (χ3v) is 6.27. The van der Waals surface area contributed by atoms with E-state index in [4.69, 9.17) is 4.42 Å². The molecule has 1 saturated heterocycles. The maximum atomic E-state index is 12.8. The van der Waals surface area contributed by atoms with Gasteiger partial charge in [-0.1, -0.05) is 19.1 Å². The van der Waals surface area contributed by atoms with Gasteiger partial charge < -0.3 is 13.7 Å². The third kappa shape index (κ3) is 3.31. The number of rotatable bonds is 3. The molecule has 0 spiro atoms. The summed E-state index contributed by atoms with van der Waals surface area (Å²) in [5.74, 6) is 0.527. The molecule has 0 bridgehead atoms. The molecule has 3 aromatic heterocycles. The summed E-state index contributed by atoms with van der Waals surface area (Å²) in [5.41, 5.74) is 5.15. The van der Waals surface area contributed by atoms with Crippen molar-refractivity contribution < 1.29 is 4.42 Å². The highest BCUT2D eigenvalue weighted by atomic mass is 16.4. The van der Waals surface area contributed by atoms with Gasteiger partial charge in [-0.3, -0.25) is 4.98 Å². The predicted molar refractivity (Wildman–Crippen MR) is 118 cm³/mol. The summed E-state index contributed by atoms with van der Waals surface area (Å²) in [4.78, 5) is 24.4. The van der Waals surface area contributed by atoms with E-state index in [-0.39, 0.29) is 5.63 Å². The number of nitrogens with zero attached hydrogens (tertiary/aromatic N) is 4. The molecule has 0 unspecified atom stereocenters. The highest BCUT2D eigenvalue weighted by Gasteiger charge is 2.20. The summed E-state index contributed by atoms with van der Waals surface area (Å²) < 4.78 is 7.66. The number of fused-ring (bicyclic) bond motifs is 2. The second-order valence-electron chi connectivity index (χ2n) is 8.28. The first-order chi connectivity index (χ1) is 14.5. The fraction of sp³-hybridized carbons (Fsp3) is 0.375. The van der Waals surface area contributed by atoms with Crippen molar-refractivity contribution in [3.05, 3.63) is 64.0 Å². The Kier molecular flexibility index (Phi) is 4.66. The van der Waals surface area contributed by atoms with Crippen molar-refractivity contribution in [3.63, 3.8) is 0 Å². The molecule has 1 aliphatic rings. The van der Waals surface area contributed by atoms with Gasteiger partial charge in [0.2, 0.25) is 0 Å². The van der Waals surface area contributed by atoms with Crippen LogP contribution < -0.4 is 5.63 Å². The zero-order valence-electron chi connectivity index (χ0n) is 17.7. The van der Waals surface area contributed by atoms with Gasteiger partial charge >= 0.3 is 5.63 Å². The summed E-state index contributed by atoms with van der Waals surface area (Å²) >= 11 is 0. The second-order valence-corrected chi connectivity index (χ2v) is 8.28. The van der Waals surface area contributed by atoms with E-state index < -0.39 is 0 Å². The minimum atomic E-state index is -0.355. The molecule has 0 radical (unpaired) electrons. The maximum absolute atomic E-state index is 12.8. The molecule has 1 fully saturated rings. The van der Waals surface area contributed by atoms with Crippen LogP contribution in [0.1, 0.15) is 42.6 Å². The Morgan fingerprint density at radius 1 is 1.10 bits per heavy atom. The van der Waals surface area contributed by atoms with Gasteiger partial charge in [0.05, 0.1) is 22.6 Å². The molecule has 0 N–H and O–H groups in total. The first kappa shape index (κ1) is 19.0. The normalized spacial score (nSPS) is 16.0. The monoisotopic (exact) mass is 402 g/mol. The Morgan fingerprint density at radius 3 is 2.67 bits per heavy atom. The SMILES string of the molecule is CCN1CCC(c2ccc3cc(-c4cn5cc(C)nc(C)c5n4)c(=O)oc3c2)CC1. The molecule has 0 atom stereocenters. The molecule has 1 aromatic carbocycles. The summed E-state index contributed by atoms with van der Waals surface area (Å²) in [6, 6.07) is 8.19. The largest absolute Gasteiger partial charge is 0.422 e. The molecule has 6 nitrogen and oxygen atoms in total. The molecule has 1 aliphatic heterocycles. The molecule has 0 saturated carbocycles. The van der Waals surface area contributed by atoms with Crippen molar-refractivity contribution in [1.82, 2.24) is 19.3 Å². The third-order valence-electron chi connectivity index (χ3n) is 6.27. The van der Waals surface area contributed by atoms with Crippen LogP contribution in [-0.4, -0.2) is 38.9 Å². The zero-order valence-corrected chi connectivity index (χ0v) is 17.7. The predicted octanol–water partition coefficient (Wildman–Crippen LogP) is 4.32. The summed E-state index contributed by atoms with van der Waals surface area (Å²) in [6.07, 6.45) is 6.08. The van der Waals surface area contributed by atoms with E-state index in [1.807, 2.05) is 42.8 Å². The Balaban J connectivity index is 1.52. The van der Waals surface area contributed by atoms with Crippen LogP contribution in [0.5, 0.6) is 0 Å². The van der Waals surface area contributed by atoms with E-state index >= 15 is 0 Å². The van der Waals surface area contributed by atoms with Gasteiger partial charge in [-0.25, -0.2) is 9.78 Å². The van der Waals surface area contributed by atoms with Gasteiger partial charge in [-0.2, -0.15) is 0 Å². The smallest absolute Gasteiger partial charge is 0.345 e. The molecule has 154 valence electrons. The van der Waals surface area contributed by atoms with Gasteiger partial charge in [0.1, 0.15) is 5.58 Å². The lowest BCUT2D eigenvalue weighted by Gasteiger charge is -2.31. The molecular weight excluding hydrogens is 376 g/mol. The van der Waals surface area contributed by atoms with Crippen LogP contribution in [0.2, 0.25) is 0 Å². The number of benzene rings is 1. The summed E-state index contributed by atoms with van der Waals surface area (Å²) in [5, 5.41) is 0.919. The summed E-state index contributed by atoms with van der Waals surface area (Å²) in [6.45, 7) is 9.45. The number of aromatic nitrogens is 3. The van der Waals surface area contributed by atoms with Gasteiger partial charge in [0, 0.05) is 17.8 Å². The van der Waals surface area contributed by atoms with E-state index in [2.05, 4.69) is 33.9 Å². The highest BCUT2D eigenvalue weighted by Crippen LogP contribution is 2.31. The van der Waals surface area contributed by atoms with Crippen LogP contribution in [0, 0.1) is 13.8 Å². The first-order valence-electron chi connectivity index (χ1n) is 10.7. The number of aryl methyl sites for hydroxylation is 2. The van der Waals surface area contributed by atoms with Crippen molar-refractivity contribution in [3.8, 4) is 11.3 Å². The topological polar surface area (TPSA) is 63.6 Å². The minimum absolute atomic E-state index is 0.355. The van der Waals surface area contributed by atoms with E-state index in [9.17, 15) is 4.79 Å². The van der Waals surface area contributed by atoms with E-state index in [1.165, 1.54) is 5.56 Å². The average Bonchev–Trinajstić information content (AvgIpc) is 3.17. The highest BCUT2D eigenvalue weighted by molar-refractivity contribution is 5.82. The van der Waals surface area contributed by atoms with Crippen LogP contribution in [0.15, 0.2) is 45.9 Å². The van der Waals surface area contributed by atoms with Crippen molar-refractivity contribution in [1.29, 1.82) is 0 Å². The lowest BCUT2D eigenvalue weighted by Crippen LogP contribution is -2.32. The van der Waals surface area contributed by atoms with Crippen molar-refractivity contribution >= 4 is 16.6 Å². The summed E-state index contributed by atoms with van der Waals surface area (Å²) in [7, 11) is 0.